The molecule has 3 rings (SSSR count). The lowest BCUT2D eigenvalue weighted by Gasteiger charge is -2.22. The van der Waals surface area contributed by atoms with E-state index < -0.39 is 0 Å². The van der Waals surface area contributed by atoms with Crippen LogP contribution in [-0.4, -0.2) is 29.6 Å². The number of nitrogens with one attached hydrogen (secondary N) is 1. The Hall–Kier alpha value is -1.36. The molecule has 0 bridgehead atoms. The van der Waals surface area contributed by atoms with E-state index in [1.54, 1.807) is 11.3 Å². The maximum Gasteiger partial charge on any atom is 0.225 e. The fraction of sp³-hybridized carbons (Fsp3) is 0.538. The van der Waals surface area contributed by atoms with E-state index in [0.717, 1.165) is 23.1 Å². The summed E-state index contributed by atoms with van der Waals surface area (Å²) in [4.78, 5) is 14.0. The first kappa shape index (κ1) is 11.7. The monoisotopic (exact) mass is 262 g/mol. The normalized spacial score (nSPS) is 15.1. The Bertz CT molecular complexity index is 574. The molecule has 1 saturated carbocycles. The van der Waals surface area contributed by atoms with Crippen LogP contribution in [0.1, 0.15) is 24.6 Å². The van der Waals surface area contributed by atoms with Crippen molar-refractivity contribution in [2.75, 3.05) is 23.8 Å². The van der Waals surface area contributed by atoms with Gasteiger partial charge in [0.2, 0.25) is 5.95 Å². The molecule has 1 N–H and O–H groups in total. The van der Waals surface area contributed by atoms with Gasteiger partial charge in [0.25, 0.3) is 0 Å². The molecule has 2 aromatic rings. The maximum absolute atomic E-state index is 4.68. The van der Waals surface area contributed by atoms with E-state index in [2.05, 4.69) is 40.1 Å². The molecule has 0 amide bonds. The van der Waals surface area contributed by atoms with Crippen LogP contribution in [0.2, 0.25) is 0 Å². The zero-order chi connectivity index (χ0) is 12.7. The molecule has 2 aromatic heterocycles. The van der Waals surface area contributed by atoms with E-state index in [-0.39, 0.29) is 0 Å². The zero-order valence-corrected chi connectivity index (χ0v) is 11.8. The van der Waals surface area contributed by atoms with Gasteiger partial charge in [-0.1, -0.05) is 0 Å². The second-order valence-electron chi connectivity index (χ2n) is 4.71. The summed E-state index contributed by atoms with van der Waals surface area (Å²) in [6, 6.07) is 2.89. The Morgan fingerprint density at radius 2 is 2.22 bits per heavy atom. The number of hydrogen-bond acceptors (Lipinski definition) is 5. The molecule has 0 aliphatic heterocycles. The molecule has 1 aliphatic rings. The van der Waals surface area contributed by atoms with Crippen molar-refractivity contribution < 1.29 is 0 Å². The molecule has 5 heteroatoms. The van der Waals surface area contributed by atoms with Crippen LogP contribution in [0.5, 0.6) is 0 Å². The first-order valence-electron chi connectivity index (χ1n) is 6.45. The molecule has 4 nitrogen and oxygen atoms in total. The first-order valence-corrected chi connectivity index (χ1v) is 7.27. The largest absolute Gasteiger partial charge is 0.357 e. The minimum Gasteiger partial charge on any atom is -0.357 e. The van der Waals surface area contributed by atoms with Crippen LogP contribution < -0.4 is 10.2 Å². The van der Waals surface area contributed by atoms with Gasteiger partial charge in [-0.05, 0) is 32.8 Å². The third-order valence-electron chi connectivity index (χ3n) is 3.32. The highest BCUT2D eigenvalue weighted by Gasteiger charge is 2.30. The molecule has 18 heavy (non-hydrogen) atoms. The third-order valence-corrected chi connectivity index (χ3v) is 4.26. The summed E-state index contributed by atoms with van der Waals surface area (Å²) < 4.78 is 0. The minimum absolute atomic E-state index is 0.679. The Labute approximate surface area is 111 Å². The average Bonchev–Trinajstić information content (AvgIpc) is 3.11. The van der Waals surface area contributed by atoms with E-state index in [0.29, 0.717) is 6.04 Å². The molecule has 0 atom stereocenters. The second-order valence-corrected chi connectivity index (χ2v) is 5.95. The van der Waals surface area contributed by atoms with E-state index in [1.165, 1.54) is 23.1 Å². The number of rotatable bonds is 4. The highest BCUT2D eigenvalue weighted by molar-refractivity contribution is 7.18. The molecule has 96 valence electrons. The van der Waals surface area contributed by atoms with Gasteiger partial charge in [-0.15, -0.1) is 11.3 Å². The Kier molecular flexibility index (Phi) is 2.86. The maximum atomic E-state index is 4.68. The van der Waals surface area contributed by atoms with Crippen molar-refractivity contribution >= 4 is 33.3 Å². The Morgan fingerprint density at radius 1 is 1.44 bits per heavy atom. The number of aryl methyl sites for hydroxylation is 1. The van der Waals surface area contributed by atoms with Crippen molar-refractivity contribution in [1.82, 2.24) is 9.97 Å². The van der Waals surface area contributed by atoms with Crippen molar-refractivity contribution in [2.24, 2.45) is 0 Å². The second kappa shape index (κ2) is 4.39. The van der Waals surface area contributed by atoms with Gasteiger partial charge < -0.3 is 10.2 Å². The fourth-order valence-corrected chi connectivity index (χ4v) is 3.20. The first-order chi connectivity index (χ1) is 8.72. The van der Waals surface area contributed by atoms with Crippen LogP contribution >= 0.6 is 11.3 Å². The van der Waals surface area contributed by atoms with Gasteiger partial charge in [-0.25, -0.2) is 4.98 Å². The predicted octanol–water partition coefficient (Wildman–Crippen LogP) is 3.03. The number of thiophene rings is 1. The highest BCUT2D eigenvalue weighted by Crippen LogP contribution is 2.37. The molecule has 0 aromatic carbocycles. The molecule has 1 fully saturated rings. The molecule has 0 unspecified atom stereocenters. The lowest BCUT2D eigenvalue weighted by molar-refractivity contribution is 0.812. The number of aromatic nitrogens is 2. The topological polar surface area (TPSA) is 41.1 Å². The van der Waals surface area contributed by atoms with E-state index >= 15 is 0 Å². The molecular formula is C13H18N4S. The molecule has 0 radical (unpaired) electrons. The van der Waals surface area contributed by atoms with Gasteiger partial charge in [-0.2, -0.15) is 4.98 Å². The summed E-state index contributed by atoms with van der Waals surface area (Å²) in [7, 11) is 1.87. The van der Waals surface area contributed by atoms with Crippen LogP contribution in [0.3, 0.4) is 0 Å². The lowest BCUT2D eigenvalue weighted by Crippen LogP contribution is -2.26. The lowest BCUT2D eigenvalue weighted by atomic mass is 10.3. The van der Waals surface area contributed by atoms with E-state index in [4.69, 9.17) is 0 Å². The van der Waals surface area contributed by atoms with Crippen molar-refractivity contribution in [2.45, 2.75) is 32.7 Å². The van der Waals surface area contributed by atoms with Gasteiger partial charge in [0.05, 0.1) is 5.39 Å². The summed E-state index contributed by atoms with van der Waals surface area (Å²) in [5.74, 6) is 1.82. The van der Waals surface area contributed by atoms with Crippen LogP contribution in [0.25, 0.3) is 10.2 Å². The SMILES string of the molecule is CCN(c1nc(NC)nc2sc(C)cc12)C1CC1. The number of fused-ring (bicyclic) bond motifs is 1. The van der Waals surface area contributed by atoms with Crippen LogP contribution in [-0.2, 0) is 0 Å². The van der Waals surface area contributed by atoms with E-state index in [9.17, 15) is 0 Å². The summed E-state index contributed by atoms with van der Waals surface area (Å²) in [6.45, 7) is 5.34. The van der Waals surface area contributed by atoms with Gasteiger partial charge in [0.15, 0.2) is 0 Å². The average molecular weight is 262 g/mol. The summed E-state index contributed by atoms with van der Waals surface area (Å²) >= 11 is 1.74. The standard InChI is InChI=1S/C13H18N4S/c1-4-17(9-5-6-9)11-10-7-8(2)18-12(10)16-13(14-3)15-11/h7,9H,4-6H2,1-3H3,(H,14,15,16). The van der Waals surface area contributed by atoms with Crippen LogP contribution in [0.15, 0.2) is 6.07 Å². The van der Waals surface area contributed by atoms with Crippen LogP contribution in [0.4, 0.5) is 11.8 Å². The van der Waals surface area contributed by atoms with Gasteiger partial charge in [-0.3, -0.25) is 0 Å². The summed E-state index contributed by atoms with van der Waals surface area (Å²) in [6.07, 6.45) is 2.58. The van der Waals surface area contributed by atoms with E-state index in [1.807, 2.05) is 7.05 Å². The molecular weight excluding hydrogens is 244 g/mol. The minimum atomic E-state index is 0.679. The quantitative estimate of drug-likeness (QED) is 0.919. The van der Waals surface area contributed by atoms with Gasteiger partial charge in [0, 0.05) is 24.5 Å². The summed E-state index contributed by atoms with van der Waals surface area (Å²) in [5.41, 5.74) is 0. The number of nitrogens with zero attached hydrogens (tertiary/aromatic N) is 3. The van der Waals surface area contributed by atoms with Crippen molar-refractivity contribution in [3.63, 3.8) is 0 Å². The number of hydrogen-bond donors (Lipinski definition) is 1. The van der Waals surface area contributed by atoms with Crippen molar-refractivity contribution in [1.29, 1.82) is 0 Å². The molecule has 0 saturated heterocycles. The molecule has 1 aliphatic carbocycles. The van der Waals surface area contributed by atoms with Gasteiger partial charge >= 0.3 is 0 Å². The van der Waals surface area contributed by atoms with Crippen molar-refractivity contribution in [3.05, 3.63) is 10.9 Å². The fourth-order valence-electron chi connectivity index (χ4n) is 2.32. The predicted molar refractivity (Wildman–Crippen MR) is 77.7 cm³/mol. The highest BCUT2D eigenvalue weighted by atomic mass is 32.1. The Balaban J connectivity index is 2.17. The van der Waals surface area contributed by atoms with Crippen LogP contribution in [0, 0.1) is 6.92 Å². The molecule has 0 spiro atoms. The van der Waals surface area contributed by atoms with Gasteiger partial charge in [0.1, 0.15) is 10.6 Å². The third kappa shape index (κ3) is 1.92. The smallest absolute Gasteiger partial charge is 0.225 e. The zero-order valence-electron chi connectivity index (χ0n) is 11.0. The molecule has 2 heterocycles. The number of anilines is 2. The van der Waals surface area contributed by atoms with Crippen molar-refractivity contribution in [3.8, 4) is 0 Å². The Morgan fingerprint density at radius 3 is 2.83 bits per heavy atom. The summed E-state index contributed by atoms with van der Waals surface area (Å²) in [5, 5.41) is 4.26.